The van der Waals surface area contributed by atoms with E-state index in [2.05, 4.69) is 246 Å². The van der Waals surface area contributed by atoms with Crippen molar-refractivity contribution in [1.29, 1.82) is 0 Å². The van der Waals surface area contributed by atoms with Crippen molar-refractivity contribution >= 4 is 49.6 Å². The molecule has 0 amide bonds. The van der Waals surface area contributed by atoms with E-state index in [1.54, 1.807) is 0 Å². The van der Waals surface area contributed by atoms with Crippen molar-refractivity contribution in [2.75, 3.05) is 4.90 Å². The van der Waals surface area contributed by atoms with Crippen molar-refractivity contribution in [2.45, 2.75) is 12.3 Å². The lowest BCUT2D eigenvalue weighted by molar-refractivity contribution is 0.829. The van der Waals surface area contributed by atoms with Crippen molar-refractivity contribution in [1.82, 2.24) is 4.57 Å². The number of anilines is 3. The molecule has 292 valence electrons. The van der Waals surface area contributed by atoms with Gasteiger partial charge in [-0.3, -0.25) is 0 Å². The molecule has 0 saturated heterocycles. The minimum absolute atomic E-state index is 0.229. The maximum atomic E-state index is 2.45. The molecule has 0 N–H and O–H groups in total. The fourth-order valence-electron chi connectivity index (χ4n) is 10.1. The standard InChI is InChI=1S/C60H42N2/c1-3-16-41(17-4-1)38-55-50-23-9-10-24-51(50)56-40-45(42-30-34-47(35-31-42)61(46-20-5-2-6-21-46)57-29-15-19-43-18-7-8-22-49(43)57)39-54(60(55)56)44-32-36-48(37-33-44)62-58-27-13-11-25-52(58)53-26-12-14-28-59(53)62/h1-37,39-40,55H,38H2. The third-order valence-electron chi connectivity index (χ3n) is 12.9. The maximum Gasteiger partial charge on any atom is 0.0541 e. The van der Waals surface area contributed by atoms with Gasteiger partial charge < -0.3 is 9.47 Å². The third-order valence-corrected chi connectivity index (χ3v) is 12.9. The van der Waals surface area contributed by atoms with Crippen LogP contribution in [0.4, 0.5) is 17.1 Å². The highest BCUT2D eigenvalue weighted by Crippen LogP contribution is 2.52. The summed E-state index contributed by atoms with van der Waals surface area (Å²) < 4.78 is 2.40. The van der Waals surface area contributed by atoms with Crippen LogP contribution in [0.25, 0.3) is 71.6 Å². The summed E-state index contributed by atoms with van der Waals surface area (Å²) in [7, 11) is 0. The Labute approximate surface area is 362 Å². The second kappa shape index (κ2) is 15.0. The number of rotatable bonds is 8. The van der Waals surface area contributed by atoms with Gasteiger partial charge in [0.15, 0.2) is 0 Å². The molecule has 1 aliphatic carbocycles. The minimum Gasteiger partial charge on any atom is -0.310 e. The van der Waals surface area contributed by atoms with Gasteiger partial charge >= 0.3 is 0 Å². The van der Waals surface area contributed by atoms with E-state index in [0.717, 1.165) is 29.2 Å². The molecular weight excluding hydrogens is 749 g/mol. The van der Waals surface area contributed by atoms with Gasteiger partial charge in [0, 0.05) is 39.1 Å². The van der Waals surface area contributed by atoms with Crippen LogP contribution in [-0.4, -0.2) is 4.57 Å². The predicted octanol–water partition coefficient (Wildman–Crippen LogP) is 16.1. The fourth-order valence-corrected chi connectivity index (χ4v) is 10.1. The van der Waals surface area contributed by atoms with Crippen molar-refractivity contribution < 1.29 is 0 Å². The van der Waals surface area contributed by atoms with Gasteiger partial charge in [-0.2, -0.15) is 0 Å². The summed E-state index contributed by atoms with van der Waals surface area (Å²) in [6.07, 6.45) is 0.939. The Bertz CT molecular complexity index is 3360. The third kappa shape index (κ3) is 6.03. The van der Waals surface area contributed by atoms with Crippen molar-refractivity contribution in [3.8, 4) is 39.1 Å². The lowest BCUT2D eigenvalue weighted by Gasteiger charge is -2.27. The van der Waals surface area contributed by atoms with Gasteiger partial charge in [-0.1, -0.05) is 170 Å². The molecule has 2 nitrogen and oxygen atoms in total. The zero-order valence-electron chi connectivity index (χ0n) is 34.2. The van der Waals surface area contributed by atoms with Gasteiger partial charge in [0.05, 0.1) is 16.7 Å². The quantitative estimate of drug-likeness (QED) is 0.149. The molecule has 2 heteroatoms. The second-order valence-corrected chi connectivity index (χ2v) is 16.4. The van der Waals surface area contributed by atoms with Gasteiger partial charge in [-0.15, -0.1) is 0 Å². The highest BCUT2D eigenvalue weighted by Gasteiger charge is 2.32. The smallest absolute Gasteiger partial charge is 0.0541 e. The number of fused-ring (bicyclic) bond motifs is 7. The van der Waals surface area contributed by atoms with Crippen LogP contribution >= 0.6 is 0 Å². The number of hydrogen-bond acceptors (Lipinski definition) is 1. The largest absolute Gasteiger partial charge is 0.310 e. The van der Waals surface area contributed by atoms with E-state index in [-0.39, 0.29) is 5.92 Å². The van der Waals surface area contributed by atoms with E-state index < -0.39 is 0 Å². The van der Waals surface area contributed by atoms with E-state index in [1.807, 2.05) is 0 Å². The molecule has 62 heavy (non-hydrogen) atoms. The fraction of sp³-hybridized carbons (Fsp3) is 0.0333. The number of hydrogen-bond donors (Lipinski definition) is 0. The molecule has 12 rings (SSSR count). The van der Waals surface area contributed by atoms with Gasteiger partial charge in [-0.05, 0) is 129 Å². The van der Waals surface area contributed by atoms with Crippen LogP contribution in [-0.2, 0) is 6.42 Å². The zero-order valence-corrected chi connectivity index (χ0v) is 34.2. The van der Waals surface area contributed by atoms with Gasteiger partial charge in [-0.25, -0.2) is 0 Å². The first-order chi connectivity index (χ1) is 30.8. The predicted molar refractivity (Wildman–Crippen MR) is 261 cm³/mol. The number of benzene rings is 10. The van der Waals surface area contributed by atoms with Gasteiger partial charge in [0.1, 0.15) is 0 Å². The van der Waals surface area contributed by atoms with Gasteiger partial charge in [0.2, 0.25) is 0 Å². The van der Waals surface area contributed by atoms with Crippen LogP contribution in [0.2, 0.25) is 0 Å². The Morgan fingerprint density at radius 1 is 0.387 bits per heavy atom. The van der Waals surface area contributed by atoms with Gasteiger partial charge in [0.25, 0.3) is 0 Å². The first-order valence-corrected chi connectivity index (χ1v) is 21.6. The molecule has 0 fully saturated rings. The highest BCUT2D eigenvalue weighted by atomic mass is 15.1. The van der Waals surface area contributed by atoms with Crippen LogP contribution in [0, 0.1) is 0 Å². The Hall–Kier alpha value is -7.94. The zero-order chi connectivity index (χ0) is 41.0. The summed E-state index contributed by atoms with van der Waals surface area (Å²) in [5.74, 6) is 0.229. The molecule has 0 bridgehead atoms. The average molecular weight is 791 g/mol. The first kappa shape index (κ1) is 36.0. The Balaban J connectivity index is 1.01. The molecule has 1 atom stereocenters. The maximum absolute atomic E-state index is 2.45. The van der Waals surface area contributed by atoms with E-state index in [1.165, 1.54) is 82.6 Å². The molecule has 11 aromatic rings. The van der Waals surface area contributed by atoms with Crippen LogP contribution in [0.1, 0.15) is 22.6 Å². The lowest BCUT2D eigenvalue weighted by Crippen LogP contribution is -2.10. The van der Waals surface area contributed by atoms with Crippen LogP contribution in [0.15, 0.2) is 237 Å². The Morgan fingerprint density at radius 3 is 1.69 bits per heavy atom. The van der Waals surface area contributed by atoms with E-state index >= 15 is 0 Å². The van der Waals surface area contributed by atoms with Crippen molar-refractivity contribution in [2.24, 2.45) is 0 Å². The molecule has 0 aliphatic heterocycles. The lowest BCUT2D eigenvalue weighted by atomic mass is 9.84. The summed E-state index contributed by atoms with van der Waals surface area (Å²) in [5, 5.41) is 4.99. The summed E-state index contributed by atoms with van der Waals surface area (Å²) in [5.41, 5.74) is 18.7. The van der Waals surface area contributed by atoms with E-state index in [9.17, 15) is 0 Å². The molecule has 1 heterocycles. The van der Waals surface area contributed by atoms with Crippen LogP contribution < -0.4 is 4.90 Å². The Kier molecular flexibility index (Phi) is 8.67. The summed E-state index contributed by atoms with van der Waals surface area (Å²) in [6.45, 7) is 0. The number of para-hydroxylation sites is 3. The molecule has 1 unspecified atom stereocenters. The van der Waals surface area contributed by atoms with Crippen molar-refractivity contribution in [3.63, 3.8) is 0 Å². The monoisotopic (exact) mass is 790 g/mol. The Morgan fingerprint density at radius 2 is 0.952 bits per heavy atom. The number of nitrogens with zero attached hydrogens (tertiary/aromatic N) is 2. The summed E-state index contributed by atoms with van der Waals surface area (Å²) in [6, 6.07) is 86.8. The van der Waals surface area contributed by atoms with E-state index in [0.29, 0.717) is 0 Å². The second-order valence-electron chi connectivity index (χ2n) is 16.4. The minimum atomic E-state index is 0.229. The summed E-state index contributed by atoms with van der Waals surface area (Å²) >= 11 is 0. The van der Waals surface area contributed by atoms with Crippen LogP contribution in [0.5, 0.6) is 0 Å². The molecule has 10 aromatic carbocycles. The SMILES string of the molecule is c1ccc(CC2c3ccccc3-c3cc(-c4ccc(N(c5ccccc5)c5cccc6ccccc56)cc4)cc(-c4ccc(-n5c6ccccc6c6ccccc65)cc4)c32)cc1. The first-order valence-electron chi connectivity index (χ1n) is 21.6. The topological polar surface area (TPSA) is 8.17 Å². The molecule has 0 spiro atoms. The van der Waals surface area contributed by atoms with Crippen molar-refractivity contribution in [3.05, 3.63) is 253 Å². The van der Waals surface area contributed by atoms with E-state index in [4.69, 9.17) is 0 Å². The summed E-state index contributed by atoms with van der Waals surface area (Å²) in [4.78, 5) is 2.38. The average Bonchev–Trinajstić information content (AvgIpc) is 3.85. The molecule has 1 aliphatic rings. The molecule has 0 saturated carbocycles. The van der Waals surface area contributed by atoms with Crippen LogP contribution in [0.3, 0.4) is 0 Å². The normalized spacial score (nSPS) is 13.1. The molecule has 0 radical (unpaired) electrons. The molecular formula is C60H42N2. The molecule has 1 aromatic heterocycles. The number of aromatic nitrogens is 1. The highest BCUT2D eigenvalue weighted by molar-refractivity contribution is 6.09.